The summed E-state index contributed by atoms with van der Waals surface area (Å²) in [5.41, 5.74) is 6.50. The van der Waals surface area contributed by atoms with Crippen molar-refractivity contribution < 1.29 is 19.0 Å². The highest BCUT2D eigenvalue weighted by Gasteiger charge is 2.11. The van der Waals surface area contributed by atoms with Crippen molar-refractivity contribution in [3.63, 3.8) is 0 Å². The van der Waals surface area contributed by atoms with Crippen molar-refractivity contribution in [2.24, 2.45) is 0 Å². The monoisotopic (exact) mass is 355 g/mol. The highest BCUT2D eigenvalue weighted by molar-refractivity contribution is 7.80. The maximum Gasteiger partial charge on any atom is 0.269 e. The molecule has 1 aromatic carbocycles. The van der Waals surface area contributed by atoms with E-state index in [1.54, 1.807) is 32.4 Å². The second-order valence-corrected chi connectivity index (χ2v) is 5.48. The molecule has 0 saturated carbocycles. The van der Waals surface area contributed by atoms with E-state index in [0.29, 0.717) is 36.2 Å². The molecular formula is C16H25N3O4S. The number of hydrogen-bond acceptors (Lipinski definition) is 5. The number of rotatable bonds is 8. The summed E-state index contributed by atoms with van der Waals surface area (Å²) in [6.45, 7) is 5.30. The molecule has 0 aliphatic carbocycles. The van der Waals surface area contributed by atoms with Gasteiger partial charge in [0.2, 0.25) is 0 Å². The summed E-state index contributed by atoms with van der Waals surface area (Å²) >= 11 is 5.10. The van der Waals surface area contributed by atoms with Crippen molar-refractivity contribution in [2.45, 2.75) is 26.5 Å². The van der Waals surface area contributed by atoms with E-state index in [2.05, 4.69) is 16.2 Å². The second kappa shape index (κ2) is 10.8. The summed E-state index contributed by atoms with van der Waals surface area (Å²) in [5, 5.41) is 3.30. The van der Waals surface area contributed by atoms with Crippen LogP contribution in [0.5, 0.6) is 5.75 Å². The van der Waals surface area contributed by atoms with Crippen LogP contribution in [0.2, 0.25) is 0 Å². The molecule has 0 aromatic heterocycles. The third kappa shape index (κ3) is 6.69. The Labute approximate surface area is 148 Å². The van der Waals surface area contributed by atoms with Crippen LogP contribution < -0.4 is 20.9 Å². The molecule has 0 aliphatic rings. The van der Waals surface area contributed by atoms with Crippen LogP contribution >= 0.6 is 12.2 Å². The Bertz CT molecular complexity index is 554. The highest BCUT2D eigenvalue weighted by Crippen LogP contribution is 2.20. The third-order valence-electron chi connectivity index (χ3n) is 3.09. The van der Waals surface area contributed by atoms with Gasteiger partial charge in [-0.05, 0) is 44.3 Å². The molecule has 0 fully saturated rings. The van der Waals surface area contributed by atoms with Gasteiger partial charge in [-0.1, -0.05) is 0 Å². The molecule has 8 heteroatoms. The van der Waals surface area contributed by atoms with Gasteiger partial charge in [-0.3, -0.25) is 15.6 Å². The van der Waals surface area contributed by atoms with E-state index >= 15 is 0 Å². The van der Waals surface area contributed by atoms with Gasteiger partial charge in [0.15, 0.2) is 5.11 Å². The quantitative estimate of drug-likeness (QED) is 0.480. The number of hydrogen-bond donors (Lipinski definition) is 3. The summed E-state index contributed by atoms with van der Waals surface area (Å²) in [5.74, 6) is 0.373. The summed E-state index contributed by atoms with van der Waals surface area (Å²) < 4.78 is 15.7. The molecule has 134 valence electrons. The van der Waals surface area contributed by atoms with Gasteiger partial charge in [-0.15, -0.1) is 0 Å². The normalized spacial score (nSPS) is 11.5. The van der Waals surface area contributed by atoms with Gasteiger partial charge >= 0.3 is 0 Å². The van der Waals surface area contributed by atoms with Crippen molar-refractivity contribution in [3.05, 3.63) is 29.3 Å². The molecule has 0 unspecified atom stereocenters. The zero-order chi connectivity index (χ0) is 17.9. The lowest BCUT2D eigenvalue weighted by atomic mass is 10.1. The maximum absolute atomic E-state index is 12.2. The van der Waals surface area contributed by atoms with Crippen molar-refractivity contribution in [2.75, 3.05) is 27.4 Å². The number of amides is 1. The van der Waals surface area contributed by atoms with Gasteiger partial charge in [0.25, 0.3) is 5.91 Å². The first-order chi connectivity index (χ1) is 11.5. The molecule has 0 bridgehead atoms. The Morgan fingerprint density at radius 3 is 2.67 bits per heavy atom. The van der Waals surface area contributed by atoms with Gasteiger partial charge in [0.05, 0.1) is 20.3 Å². The van der Waals surface area contributed by atoms with E-state index < -0.39 is 0 Å². The van der Waals surface area contributed by atoms with E-state index in [-0.39, 0.29) is 11.9 Å². The molecule has 0 spiro atoms. The van der Waals surface area contributed by atoms with Crippen LogP contribution in [0, 0.1) is 0 Å². The molecule has 1 aromatic rings. The summed E-state index contributed by atoms with van der Waals surface area (Å²) in [6, 6.07) is 5.18. The first-order valence-electron chi connectivity index (χ1n) is 7.62. The average Bonchev–Trinajstić information content (AvgIpc) is 2.57. The van der Waals surface area contributed by atoms with Crippen LogP contribution in [-0.2, 0) is 16.1 Å². The number of methoxy groups -OCH3 is 2. The molecule has 1 rings (SSSR count). The first kappa shape index (κ1) is 20.1. The Kier molecular flexibility index (Phi) is 9.06. The van der Waals surface area contributed by atoms with Gasteiger partial charge in [-0.2, -0.15) is 0 Å². The molecule has 7 nitrogen and oxygen atoms in total. The van der Waals surface area contributed by atoms with E-state index in [0.717, 1.165) is 5.56 Å². The summed E-state index contributed by atoms with van der Waals surface area (Å²) in [6.07, 6.45) is 0. The fraction of sp³-hybridized carbons (Fsp3) is 0.500. The number of benzene rings is 1. The minimum absolute atomic E-state index is 0.0330. The average molecular weight is 355 g/mol. The predicted octanol–water partition coefficient (Wildman–Crippen LogP) is 1.38. The zero-order valence-corrected chi connectivity index (χ0v) is 15.3. The van der Waals surface area contributed by atoms with Gasteiger partial charge in [0, 0.05) is 30.9 Å². The largest absolute Gasteiger partial charge is 0.496 e. The molecule has 0 aliphatic heterocycles. The Balaban J connectivity index is 2.62. The minimum atomic E-state index is -0.307. The Hall–Kier alpha value is -1.90. The smallest absolute Gasteiger partial charge is 0.269 e. The lowest BCUT2D eigenvalue weighted by molar-refractivity contribution is 0.0942. The second-order valence-electron chi connectivity index (χ2n) is 5.07. The van der Waals surface area contributed by atoms with Gasteiger partial charge < -0.3 is 19.5 Å². The topological polar surface area (TPSA) is 80.9 Å². The number of nitrogens with one attached hydrogen (secondary N) is 3. The SMILES string of the molecule is CCOCc1cc(C(=O)NNC(=S)N[C@@H](C)COC)ccc1OC. The molecular weight excluding hydrogens is 330 g/mol. The van der Waals surface area contributed by atoms with Crippen LogP contribution in [0.25, 0.3) is 0 Å². The van der Waals surface area contributed by atoms with E-state index in [1.807, 2.05) is 13.8 Å². The maximum atomic E-state index is 12.2. The standard InChI is InChI=1S/C16H25N3O4S/c1-5-23-10-13-8-12(6-7-14(13)22-4)15(20)18-19-16(24)17-11(2)9-21-3/h6-8,11H,5,9-10H2,1-4H3,(H,18,20)(H2,17,19,24)/t11-/m0/s1. The van der Waals surface area contributed by atoms with Crippen molar-refractivity contribution in [1.29, 1.82) is 0 Å². The summed E-state index contributed by atoms with van der Waals surface area (Å²) in [7, 11) is 3.19. The summed E-state index contributed by atoms with van der Waals surface area (Å²) in [4.78, 5) is 12.2. The van der Waals surface area contributed by atoms with E-state index in [9.17, 15) is 4.79 Å². The van der Waals surface area contributed by atoms with Crippen LogP contribution in [0.4, 0.5) is 0 Å². The molecule has 24 heavy (non-hydrogen) atoms. The van der Waals surface area contributed by atoms with Crippen LogP contribution in [-0.4, -0.2) is 44.5 Å². The Morgan fingerprint density at radius 1 is 1.29 bits per heavy atom. The number of carbonyl (C=O) groups excluding carboxylic acids is 1. The van der Waals surface area contributed by atoms with Gasteiger partial charge in [0.1, 0.15) is 5.75 Å². The van der Waals surface area contributed by atoms with Crippen LogP contribution in [0.1, 0.15) is 29.8 Å². The van der Waals surface area contributed by atoms with Crippen LogP contribution in [0.15, 0.2) is 18.2 Å². The predicted molar refractivity (Wildman–Crippen MR) is 96.0 cm³/mol. The molecule has 3 N–H and O–H groups in total. The van der Waals surface area contributed by atoms with E-state index in [4.69, 9.17) is 26.4 Å². The third-order valence-corrected chi connectivity index (χ3v) is 3.31. The van der Waals surface area contributed by atoms with Crippen molar-refractivity contribution >= 4 is 23.2 Å². The number of hydrazine groups is 1. The molecule has 1 amide bonds. The van der Waals surface area contributed by atoms with E-state index in [1.165, 1.54) is 0 Å². The Morgan fingerprint density at radius 2 is 2.04 bits per heavy atom. The molecule has 0 heterocycles. The molecule has 0 saturated heterocycles. The molecule has 0 radical (unpaired) electrons. The zero-order valence-electron chi connectivity index (χ0n) is 14.5. The van der Waals surface area contributed by atoms with Crippen molar-refractivity contribution in [3.8, 4) is 5.75 Å². The number of carbonyl (C=O) groups is 1. The highest BCUT2D eigenvalue weighted by atomic mass is 32.1. The molecule has 1 atom stereocenters. The van der Waals surface area contributed by atoms with Crippen molar-refractivity contribution in [1.82, 2.24) is 16.2 Å². The number of thiocarbonyl (C=S) groups is 1. The fourth-order valence-electron chi connectivity index (χ4n) is 1.98. The fourth-order valence-corrected chi connectivity index (χ4v) is 2.23. The van der Waals surface area contributed by atoms with Gasteiger partial charge in [-0.25, -0.2) is 0 Å². The number of ether oxygens (including phenoxy) is 3. The first-order valence-corrected chi connectivity index (χ1v) is 8.03. The van der Waals surface area contributed by atoms with Crippen LogP contribution in [0.3, 0.4) is 0 Å². The lowest BCUT2D eigenvalue weighted by Crippen LogP contribution is -2.49. The minimum Gasteiger partial charge on any atom is -0.496 e. The lowest BCUT2D eigenvalue weighted by Gasteiger charge is -2.17.